The van der Waals surface area contributed by atoms with Crippen LogP contribution in [0, 0.1) is 0 Å². The average Bonchev–Trinajstić information content (AvgIpc) is 2.29. The topological polar surface area (TPSA) is 84.2 Å². The van der Waals surface area contributed by atoms with Gasteiger partial charge >= 0.3 is 0 Å². The van der Waals surface area contributed by atoms with E-state index in [1.54, 1.807) is 6.92 Å². The predicted molar refractivity (Wildman–Crippen MR) is 74.2 cm³/mol. The zero-order chi connectivity index (χ0) is 14.0. The number of primary amides is 1. The average molecular weight is 280 g/mol. The van der Waals surface area contributed by atoms with Gasteiger partial charge in [-0.15, -0.1) is 0 Å². The molecule has 1 fully saturated rings. The van der Waals surface area contributed by atoms with Gasteiger partial charge in [0.2, 0.25) is 5.91 Å². The molecule has 2 amide bonds. The van der Waals surface area contributed by atoms with Crippen molar-refractivity contribution in [3.05, 3.63) is 39.9 Å². The smallest absolute Gasteiger partial charge is 0.251 e. The number of halogens is 1. The van der Waals surface area contributed by atoms with Crippen molar-refractivity contribution in [2.75, 3.05) is 18.4 Å². The van der Waals surface area contributed by atoms with Crippen molar-refractivity contribution in [3.63, 3.8) is 0 Å². The molecule has 19 heavy (non-hydrogen) atoms. The van der Waals surface area contributed by atoms with Crippen LogP contribution < -0.4 is 16.4 Å². The summed E-state index contributed by atoms with van der Waals surface area (Å²) in [7, 11) is 0. The fourth-order valence-electron chi connectivity index (χ4n) is 1.67. The zero-order valence-electron chi connectivity index (χ0n) is 10.4. The molecule has 5 nitrogen and oxygen atoms in total. The number of nitrogens with two attached hydrogens (primary N) is 1. The van der Waals surface area contributed by atoms with Crippen molar-refractivity contribution < 1.29 is 9.59 Å². The molecular formula is C13H14ClN3O2. The lowest BCUT2D eigenvalue weighted by atomic mass is 10.0. The Labute approximate surface area is 115 Å². The molecule has 1 aliphatic heterocycles. The van der Waals surface area contributed by atoms with Gasteiger partial charge in [-0.2, -0.15) is 0 Å². The van der Waals surface area contributed by atoms with E-state index in [9.17, 15) is 9.59 Å². The fraction of sp³-hybridized carbons (Fsp3) is 0.231. The minimum Gasteiger partial charge on any atom is -0.366 e. The summed E-state index contributed by atoms with van der Waals surface area (Å²) in [5, 5.41) is 6.12. The summed E-state index contributed by atoms with van der Waals surface area (Å²) in [6, 6.07) is 4.52. The van der Waals surface area contributed by atoms with E-state index in [-0.39, 0.29) is 5.91 Å². The van der Waals surface area contributed by atoms with Crippen molar-refractivity contribution in [1.82, 2.24) is 5.32 Å². The predicted octanol–water partition coefficient (Wildman–Crippen LogP) is 1.30. The van der Waals surface area contributed by atoms with Crippen LogP contribution in [-0.2, 0) is 4.79 Å². The van der Waals surface area contributed by atoms with E-state index in [1.807, 2.05) is 0 Å². The molecule has 100 valence electrons. The first-order valence-corrected chi connectivity index (χ1v) is 6.17. The van der Waals surface area contributed by atoms with E-state index in [0.29, 0.717) is 21.8 Å². The Bertz CT molecular complexity index is 575. The third-order valence-electron chi connectivity index (χ3n) is 3.05. The number of benzene rings is 1. The third-order valence-corrected chi connectivity index (χ3v) is 3.38. The van der Waals surface area contributed by atoms with Gasteiger partial charge in [0.25, 0.3) is 5.91 Å². The van der Waals surface area contributed by atoms with Crippen molar-refractivity contribution in [3.8, 4) is 0 Å². The quantitative estimate of drug-likeness (QED) is 0.729. The minimum atomic E-state index is -0.564. The lowest BCUT2D eigenvalue weighted by molar-refractivity contribution is -0.112. The molecule has 0 spiro atoms. The van der Waals surface area contributed by atoms with Gasteiger partial charge in [0.15, 0.2) is 0 Å². The highest BCUT2D eigenvalue weighted by atomic mass is 35.5. The zero-order valence-corrected chi connectivity index (χ0v) is 11.2. The molecule has 0 radical (unpaired) electrons. The van der Waals surface area contributed by atoms with Gasteiger partial charge in [-0.1, -0.05) is 11.6 Å². The van der Waals surface area contributed by atoms with E-state index < -0.39 is 5.91 Å². The van der Waals surface area contributed by atoms with Crippen LogP contribution in [0.4, 0.5) is 5.69 Å². The number of hydrogen-bond acceptors (Lipinski definition) is 3. The molecule has 0 bridgehead atoms. The number of amides is 2. The summed E-state index contributed by atoms with van der Waals surface area (Å²) in [6.45, 7) is 3.22. The maximum absolute atomic E-state index is 12.0. The third kappa shape index (κ3) is 2.94. The molecule has 0 unspecified atom stereocenters. The maximum atomic E-state index is 12.0. The lowest BCUT2D eigenvalue weighted by Crippen LogP contribution is -2.36. The number of carbonyl (C=O) groups is 2. The van der Waals surface area contributed by atoms with Crippen LogP contribution in [0.5, 0.6) is 0 Å². The van der Waals surface area contributed by atoms with Crippen LogP contribution in [0.1, 0.15) is 17.3 Å². The van der Waals surface area contributed by atoms with Gasteiger partial charge in [0.05, 0.1) is 10.7 Å². The molecular weight excluding hydrogens is 266 g/mol. The second-order valence-corrected chi connectivity index (χ2v) is 4.75. The van der Waals surface area contributed by atoms with Crippen LogP contribution in [0.15, 0.2) is 29.3 Å². The van der Waals surface area contributed by atoms with Gasteiger partial charge in [0, 0.05) is 24.2 Å². The SMILES string of the molecule is CC(C(=O)Nc1cc(C(N)=O)ccc1Cl)=C1CNC1. The Kier molecular flexibility index (Phi) is 3.87. The summed E-state index contributed by atoms with van der Waals surface area (Å²) >= 11 is 5.98. The normalized spacial score (nSPS) is 13.7. The van der Waals surface area contributed by atoms with Crippen molar-refractivity contribution in [2.45, 2.75) is 6.92 Å². The summed E-state index contributed by atoms with van der Waals surface area (Å²) in [6.07, 6.45) is 0. The highest BCUT2D eigenvalue weighted by molar-refractivity contribution is 6.34. The van der Waals surface area contributed by atoms with E-state index in [4.69, 9.17) is 17.3 Å². The Morgan fingerprint density at radius 1 is 1.37 bits per heavy atom. The standard InChI is InChI=1S/C13H14ClN3O2/c1-7(9-5-16-6-9)13(19)17-11-4-8(12(15)18)2-3-10(11)14/h2-4,16H,5-6H2,1H3,(H2,15,18)(H,17,19). The largest absolute Gasteiger partial charge is 0.366 e. The number of hydrogen-bond donors (Lipinski definition) is 3. The summed E-state index contributed by atoms with van der Waals surface area (Å²) < 4.78 is 0. The Balaban J connectivity index is 2.21. The Morgan fingerprint density at radius 3 is 2.58 bits per heavy atom. The van der Waals surface area contributed by atoms with Gasteiger partial charge in [-0.25, -0.2) is 0 Å². The van der Waals surface area contributed by atoms with Crippen LogP contribution in [-0.4, -0.2) is 24.9 Å². The minimum absolute atomic E-state index is 0.222. The molecule has 0 saturated carbocycles. The molecule has 0 atom stereocenters. The molecule has 0 aromatic heterocycles. The number of anilines is 1. The maximum Gasteiger partial charge on any atom is 0.251 e. The fourth-order valence-corrected chi connectivity index (χ4v) is 1.83. The number of carbonyl (C=O) groups excluding carboxylic acids is 2. The van der Waals surface area contributed by atoms with Crippen LogP contribution >= 0.6 is 11.6 Å². The van der Waals surface area contributed by atoms with E-state index in [1.165, 1.54) is 18.2 Å². The first kappa shape index (κ1) is 13.6. The Morgan fingerprint density at radius 2 is 2.05 bits per heavy atom. The van der Waals surface area contributed by atoms with Crippen molar-refractivity contribution >= 4 is 29.1 Å². The molecule has 4 N–H and O–H groups in total. The molecule has 1 aromatic carbocycles. The first-order chi connectivity index (χ1) is 8.99. The lowest BCUT2D eigenvalue weighted by Gasteiger charge is -2.21. The molecule has 1 aromatic rings. The molecule has 1 aliphatic rings. The van der Waals surface area contributed by atoms with Crippen molar-refractivity contribution in [1.29, 1.82) is 0 Å². The monoisotopic (exact) mass is 279 g/mol. The van der Waals surface area contributed by atoms with Gasteiger partial charge in [-0.3, -0.25) is 9.59 Å². The van der Waals surface area contributed by atoms with E-state index in [2.05, 4.69) is 10.6 Å². The summed E-state index contributed by atoms with van der Waals surface area (Å²) in [5.41, 5.74) is 7.61. The van der Waals surface area contributed by atoms with E-state index in [0.717, 1.165) is 18.7 Å². The van der Waals surface area contributed by atoms with Crippen LogP contribution in [0.3, 0.4) is 0 Å². The second-order valence-electron chi connectivity index (χ2n) is 4.35. The van der Waals surface area contributed by atoms with Crippen molar-refractivity contribution in [2.24, 2.45) is 5.73 Å². The molecule has 1 saturated heterocycles. The molecule has 1 heterocycles. The molecule has 6 heteroatoms. The first-order valence-electron chi connectivity index (χ1n) is 5.79. The van der Waals surface area contributed by atoms with E-state index >= 15 is 0 Å². The summed E-state index contributed by atoms with van der Waals surface area (Å²) in [5.74, 6) is -0.787. The number of rotatable bonds is 3. The Hall–Kier alpha value is -1.85. The number of nitrogens with one attached hydrogen (secondary N) is 2. The van der Waals surface area contributed by atoms with Gasteiger partial charge in [-0.05, 0) is 30.7 Å². The second kappa shape index (κ2) is 5.42. The highest BCUT2D eigenvalue weighted by Crippen LogP contribution is 2.24. The summed E-state index contributed by atoms with van der Waals surface area (Å²) in [4.78, 5) is 23.1. The molecule has 2 rings (SSSR count). The molecule has 0 aliphatic carbocycles. The van der Waals surface area contributed by atoms with Crippen LogP contribution in [0.2, 0.25) is 5.02 Å². The van der Waals surface area contributed by atoms with Gasteiger partial charge < -0.3 is 16.4 Å². The highest BCUT2D eigenvalue weighted by Gasteiger charge is 2.17. The van der Waals surface area contributed by atoms with Crippen LogP contribution in [0.25, 0.3) is 0 Å². The van der Waals surface area contributed by atoms with Gasteiger partial charge in [0.1, 0.15) is 0 Å².